The van der Waals surface area contributed by atoms with Gasteiger partial charge < -0.3 is 9.88 Å². The van der Waals surface area contributed by atoms with Gasteiger partial charge in [-0.05, 0) is 41.8 Å². The van der Waals surface area contributed by atoms with Gasteiger partial charge in [-0.15, -0.1) is 0 Å². The third-order valence-corrected chi connectivity index (χ3v) is 3.65. The summed E-state index contributed by atoms with van der Waals surface area (Å²) in [5, 5.41) is 7.87. The molecule has 0 aliphatic rings. The van der Waals surface area contributed by atoms with Crippen molar-refractivity contribution in [2.24, 2.45) is 7.05 Å². The Morgan fingerprint density at radius 3 is 3.00 bits per heavy atom. The number of hydrogen-bond acceptors (Lipinski definition) is 3. The van der Waals surface area contributed by atoms with Crippen LogP contribution in [0.3, 0.4) is 0 Å². The van der Waals surface area contributed by atoms with E-state index >= 15 is 0 Å². The molecule has 1 N–H and O–H groups in total. The molecule has 0 saturated heterocycles. The van der Waals surface area contributed by atoms with E-state index in [0.717, 1.165) is 25.2 Å². The summed E-state index contributed by atoms with van der Waals surface area (Å²) >= 11 is 1.76. The number of aryl methyl sites for hydroxylation is 2. The molecule has 0 fully saturated rings. The maximum atomic E-state index is 4.44. The Bertz CT molecular complexity index is 433. The fourth-order valence-corrected chi connectivity index (χ4v) is 2.73. The molecule has 3 nitrogen and oxygen atoms in total. The first-order valence-electron chi connectivity index (χ1n) is 6.03. The predicted octanol–water partition coefficient (Wildman–Crippen LogP) is 2.77. The number of nitrogens with one attached hydrogen (secondary N) is 1. The minimum absolute atomic E-state index is 0.347. The number of imidazole rings is 1. The minimum atomic E-state index is 0.347. The van der Waals surface area contributed by atoms with Gasteiger partial charge in [0.25, 0.3) is 0 Å². The highest BCUT2D eigenvalue weighted by molar-refractivity contribution is 7.07. The summed E-state index contributed by atoms with van der Waals surface area (Å²) in [4.78, 5) is 4.44. The van der Waals surface area contributed by atoms with Crippen LogP contribution in [0.5, 0.6) is 0 Å². The van der Waals surface area contributed by atoms with Gasteiger partial charge in [-0.25, -0.2) is 4.98 Å². The number of hydrogen-bond donors (Lipinski definition) is 1. The predicted molar refractivity (Wildman–Crippen MR) is 72.3 cm³/mol. The fourth-order valence-electron chi connectivity index (χ4n) is 2.03. The van der Waals surface area contributed by atoms with Gasteiger partial charge in [0.1, 0.15) is 5.82 Å². The summed E-state index contributed by atoms with van der Waals surface area (Å²) < 4.78 is 2.10. The molecule has 0 spiro atoms. The average molecular weight is 249 g/mol. The minimum Gasteiger partial charge on any atom is -0.337 e. The van der Waals surface area contributed by atoms with Gasteiger partial charge >= 0.3 is 0 Å². The van der Waals surface area contributed by atoms with Crippen LogP contribution < -0.4 is 5.32 Å². The van der Waals surface area contributed by atoms with Crippen molar-refractivity contribution >= 4 is 11.3 Å². The summed E-state index contributed by atoms with van der Waals surface area (Å²) in [7, 11) is 2.05. The number of rotatable bonds is 6. The van der Waals surface area contributed by atoms with Gasteiger partial charge in [0.2, 0.25) is 0 Å². The molecule has 4 heteroatoms. The Hall–Kier alpha value is -1.13. The van der Waals surface area contributed by atoms with E-state index in [1.165, 1.54) is 5.56 Å². The quantitative estimate of drug-likeness (QED) is 0.853. The lowest BCUT2D eigenvalue weighted by Crippen LogP contribution is -2.24. The third-order valence-electron chi connectivity index (χ3n) is 2.92. The first kappa shape index (κ1) is 12.3. The molecule has 0 aromatic carbocycles. The molecule has 2 aromatic rings. The molecule has 0 aliphatic heterocycles. The lowest BCUT2D eigenvalue weighted by molar-refractivity contribution is 0.478. The monoisotopic (exact) mass is 249 g/mol. The largest absolute Gasteiger partial charge is 0.337 e. The van der Waals surface area contributed by atoms with Gasteiger partial charge in [0.05, 0.1) is 6.04 Å². The van der Waals surface area contributed by atoms with Crippen LogP contribution in [0.4, 0.5) is 0 Å². The van der Waals surface area contributed by atoms with Crippen molar-refractivity contribution in [1.29, 1.82) is 0 Å². The first-order valence-corrected chi connectivity index (χ1v) is 6.97. The topological polar surface area (TPSA) is 29.9 Å². The molecule has 1 unspecified atom stereocenters. The van der Waals surface area contributed by atoms with Gasteiger partial charge in [-0.3, -0.25) is 0 Å². The maximum absolute atomic E-state index is 4.44. The molecule has 0 aliphatic carbocycles. The molecular weight excluding hydrogens is 230 g/mol. The van der Waals surface area contributed by atoms with Crippen molar-refractivity contribution in [2.75, 3.05) is 6.54 Å². The SMILES string of the molecule is CCNC(CCc1ccsc1)c1nccn1C. The molecule has 2 heterocycles. The summed E-state index contributed by atoms with van der Waals surface area (Å²) in [5.41, 5.74) is 1.42. The van der Waals surface area contributed by atoms with Crippen LogP contribution in [0.2, 0.25) is 0 Å². The molecular formula is C13H19N3S. The van der Waals surface area contributed by atoms with Crippen molar-refractivity contribution in [3.63, 3.8) is 0 Å². The van der Waals surface area contributed by atoms with Crippen molar-refractivity contribution in [1.82, 2.24) is 14.9 Å². The highest BCUT2D eigenvalue weighted by Crippen LogP contribution is 2.18. The van der Waals surface area contributed by atoms with E-state index in [0.29, 0.717) is 6.04 Å². The standard InChI is InChI=1S/C13H19N3S/c1-3-14-12(13-15-7-8-16(13)2)5-4-11-6-9-17-10-11/h6-10,12,14H,3-5H2,1-2H3. The second kappa shape index (κ2) is 5.98. The highest BCUT2D eigenvalue weighted by atomic mass is 32.1. The van der Waals surface area contributed by atoms with Gasteiger partial charge in [-0.1, -0.05) is 6.92 Å². The zero-order chi connectivity index (χ0) is 12.1. The summed E-state index contributed by atoms with van der Waals surface area (Å²) in [5.74, 6) is 1.13. The van der Waals surface area contributed by atoms with Crippen molar-refractivity contribution in [3.05, 3.63) is 40.6 Å². The Kier molecular flexibility index (Phi) is 4.34. The molecule has 2 rings (SSSR count). The third kappa shape index (κ3) is 3.17. The van der Waals surface area contributed by atoms with Gasteiger partial charge in [0.15, 0.2) is 0 Å². The van der Waals surface area contributed by atoms with Gasteiger partial charge in [0, 0.05) is 19.4 Å². The van der Waals surface area contributed by atoms with Crippen molar-refractivity contribution < 1.29 is 0 Å². The number of aromatic nitrogens is 2. The number of thiophene rings is 1. The molecule has 0 amide bonds. The second-order valence-corrected chi connectivity index (χ2v) is 4.96. The summed E-state index contributed by atoms with van der Waals surface area (Å²) in [6, 6.07) is 2.55. The average Bonchev–Trinajstić information content (AvgIpc) is 2.95. The van der Waals surface area contributed by atoms with Crippen LogP contribution in [0.15, 0.2) is 29.2 Å². The van der Waals surface area contributed by atoms with E-state index in [-0.39, 0.29) is 0 Å². The molecule has 1 atom stereocenters. The Morgan fingerprint density at radius 2 is 2.41 bits per heavy atom. The highest BCUT2D eigenvalue weighted by Gasteiger charge is 2.14. The lowest BCUT2D eigenvalue weighted by Gasteiger charge is -2.17. The van der Waals surface area contributed by atoms with Crippen LogP contribution in [0.1, 0.15) is 30.8 Å². The normalized spacial score (nSPS) is 12.8. The van der Waals surface area contributed by atoms with E-state index in [4.69, 9.17) is 0 Å². The molecule has 17 heavy (non-hydrogen) atoms. The zero-order valence-corrected chi connectivity index (χ0v) is 11.2. The van der Waals surface area contributed by atoms with E-state index in [1.54, 1.807) is 11.3 Å². The smallest absolute Gasteiger partial charge is 0.125 e. The van der Waals surface area contributed by atoms with Crippen LogP contribution in [0.25, 0.3) is 0 Å². The van der Waals surface area contributed by atoms with Crippen LogP contribution in [-0.2, 0) is 13.5 Å². The maximum Gasteiger partial charge on any atom is 0.125 e. The molecule has 0 bridgehead atoms. The van der Waals surface area contributed by atoms with E-state index in [2.05, 4.69) is 45.7 Å². The second-order valence-electron chi connectivity index (χ2n) is 4.18. The summed E-state index contributed by atoms with van der Waals surface area (Å²) in [6.45, 7) is 3.11. The molecule has 0 saturated carbocycles. The molecule has 2 aromatic heterocycles. The van der Waals surface area contributed by atoms with Gasteiger partial charge in [-0.2, -0.15) is 11.3 Å². The first-order chi connectivity index (χ1) is 8.31. The van der Waals surface area contributed by atoms with E-state index in [1.807, 2.05) is 12.4 Å². The van der Waals surface area contributed by atoms with E-state index < -0.39 is 0 Å². The van der Waals surface area contributed by atoms with Crippen LogP contribution in [0, 0.1) is 0 Å². The van der Waals surface area contributed by atoms with Crippen molar-refractivity contribution in [3.8, 4) is 0 Å². The Labute approximate surface area is 107 Å². The van der Waals surface area contributed by atoms with E-state index in [9.17, 15) is 0 Å². The number of nitrogens with zero attached hydrogens (tertiary/aromatic N) is 2. The zero-order valence-electron chi connectivity index (χ0n) is 10.4. The fraction of sp³-hybridized carbons (Fsp3) is 0.462. The van der Waals surface area contributed by atoms with Crippen molar-refractivity contribution in [2.45, 2.75) is 25.8 Å². The molecule has 0 radical (unpaired) electrons. The van der Waals surface area contributed by atoms with Crippen LogP contribution in [-0.4, -0.2) is 16.1 Å². The Balaban J connectivity index is 2.00. The van der Waals surface area contributed by atoms with Crippen LogP contribution >= 0.6 is 11.3 Å². The Morgan fingerprint density at radius 1 is 1.53 bits per heavy atom. The lowest BCUT2D eigenvalue weighted by atomic mass is 10.1. The summed E-state index contributed by atoms with van der Waals surface area (Å²) in [6.07, 6.45) is 6.07. The molecule has 92 valence electrons.